The van der Waals surface area contributed by atoms with Crippen molar-refractivity contribution < 1.29 is 4.92 Å². The Balaban J connectivity index is 2.37. The zero-order chi connectivity index (χ0) is 12.5. The van der Waals surface area contributed by atoms with E-state index in [9.17, 15) is 10.1 Å². The smallest absolute Gasteiger partial charge is 0.277 e. The summed E-state index contributed by atoms with van der Waals surface area (Å²) in [6.07, 6.45) is 5.16. The number of fused-ring (bicyclic) bond motifs is 1. The Morgan fingerprint density at radius 3 is 2.56 bits per heavy atom. The molecule has 0 aliphatic heterocycles. The molecule has 0 aliphatic rings. The average Bonchev–Trinajstić information content (AvgIpc) is 2.91. The first-order chi connectivity index (χ1) is 8.77. The van der Waals surface area contributed by atoms with Crippen LogP contribution in [-0.2, 0) is 0 Å². The maximum Gasteiger partial charge on any atom is 0.277 e. The van der Waals surface area contributed by atoms with E-state index in [4.69, 9.17) is 0 Å². The van der Waals surface area contributed by atoms with Gasteiger partial charge < -0.3 is 4.57 Å². The molecule has 0 aliphatic carbocycles. The largest absolute Gasteiger partial charge is 0.306 e. The molecule has 0 saturated carbocycles. The first-order valence-electron chi connectivity index (χ1n) is 5.42. The minimum absolute atomic E-state index is 0.120. The highest BCUT2D eigenvalue weighted by molar-refractivity contribution is 5.96. The lowest BCUT2D eigenvalue weighted by Crippen LogP contribution is -1.95. The van der Waals surface area contributed by atoms with Gasteiger partial charge in [-0.25, -0.2) is 4.98 Å². The lowest BCUT2D eigenvalue weighted by Gasteiger charge is -2.07. The van der Waals surface area contributed by atoms with E-state index in [1.54, 1.807) is 30.7 Å². The highest BCUT2D eigenvalue weighted by Crippen LogP contribution is 2.30. The Bertz CT molecular complexity index is 720. The number of non-ortho nitro benzene ring substituents is 1. The summed E-state index contributed by atoms with van der Waals surface area (Å²) in [4.78, 5) is 14.6. The van der Waals surface area contributed by atoms with Gasteiger partial charge in [-0.05, 0) is 12.1 Å². The molecule has 5 nitrogen and oxygen atoms in total. The number of benzene rings is 2. The number of hydrogen-bond donors (Lipinski definition) is 0. The van der Waals surface area contributed by atoms with Crippen LogP contribution in [0.25, 0.3) is 16.5 Å². The van der Waals surface area contributed by atoms with Crippen LogP contribution >= 0.6 is 0 Å². The molecule has 1 aromatic heterocycles. The summed E-state index contributed by atoms with van der Waals surface area (Å²) >= 11 is 0. The van der Waals surface area contributed by atoms with Gasteiger partial charge in [0.15, 0.2) is 0 Å². The fourth-order valence-electron chi connectivity index (χ4n) is 2.05. The SMILES string of the molecule is O=[N+]([O-])c1ccc(-n2ccnc2)c2ccccc12. The third-order valence-electron chi connectivity index (χ3n) is 2.86. The molecule has 3 rings (SSSR count). The van der Waals surface area contributed by atoms with Gasteiger partial charge in [0, 0.05) is 23.8 Å². The third-order valence-corrected chi connectivity index (χ3v) is 2.86. The topological polar surface area (TPSA) is 61.0 Å². The van der Waals surface area contributed by atoms with Crippen LogP contribution in [0, 0.1) is 10.1 Å². The molecule has 5 heteroatoms. The molecule has 18 heavy (non-hydrogen) atoms. The lowest BCUT2D eigenvalue weighted by atomic mass is 10.1. The Kier molecular flexibility index (Phi) is 2.30. The standard InChI is InChI=1S/C13H9N3O2/c17-16(18)13-6-5-12(15-8-7-14-9-15)10-3-1-2-4-11(10)13/h1-9H. The van der Waals surface area contributed by atoms with Gasteiger partial charge in [0.2, 0.25) is 0 Å². The van der Waals surface area contributed by atoms with Crippen LogP contribution in [0.1, 0.15) is 0 Å². The maximum absolute atomic E-state index is 11.0. The van der Waals surface area contributed by atoms with Crippen molar-refractivity contribution in [3.63, 3.8) is 0 Å². The molecule has 0 fully saturated rings. The molecule has 0 bridgehead atoms. The maximum atomic E-state index is 11.0. The zero-order valence-corrected chi connectivity index (χ0v) is 9.35. The Morgan fingerprint density at radius 1 is 1.11 bits per heavy atom. The van der Waals surface area contributed by atoms with Crippen molar-refractivity contribution in [3.8, 4) is 5.69 Å². The van der Waals surface area contributed by atoms with Gasteiger partial charge >= 0.3 is 0 Å². The highest BCUT2D eigenvalue weighted by atomic mass is 16.6. The van der Waals surface area contributed by atoms with Crippen LogP contribution in [0.15, 0.2) is 55.1 Å². The van der Waals surface area contributed by atoms with E-state index >= 15 is 0 Å². The molecule has 0 atom stereocenters. The molecule has 1 heterocycles. The van der Waals surface area contributed by atoms with Crippen LogP contribution < -0.4 is 0 Å². The molecule has 0 radical (unpaired) electrons. The number of aromatic nitrogens is 2. The molecule has 0 unspecified atom stereocenters. The number of hydrogen-bond acceptors (Lipinski definition) is 3. The monoisotopic (exact) mass is 239 g/mol. The highest BCUT2D eigenvalue weighted by Gasteiger charge is 2.14. The number of rotatable bonds is 2. The number of imidazole rings is 1. The van der Waals surface area contributed by atoms with E-state index in [0.29, 0.717) is 5.39 Å². The van der Waals surface area contributed by atoms with E-state index < -0.39 is 0 Å². The first kappa shape index (κ1) is 10.5. The van der Waals surface area contributed by atoms with Crippen molar-refractivity contribution in [1.29, 1.82) is 0 Å². The van der Waals surface area contributed by atoms with Crippen molar-refractivity contribution >= 4 is 16.5 Å². The van der Waals surface area contributed by atoms with Gasteiger partial charge in [0.1, 0.15) is 0 Å². The minimum atomic E-state index is -0.361. The molecule has 0 spiro atoms. The summed E-state index contributed by atoms with van der Waals surface area (Å²) in [5.41, 5.74) is 1.00. The summed E-state index contributed by atoms with van der Waals surface area (Å²) in [6, 6.07) is 10.6. The number of nitro groups is 1. The minimum Gasteiger partial charge on any atom is -0.306 e. The van der Waals surface area contributed by atoms with Gasteiger partial charge in [0.25, 0.3) is 5.69 Å². The summed E-state index contributed by atoms with van der Waals surface area (Å²) in [5, 5.41) is 12.5. The molecular formula is C13H9N3O2. The van der Waals surface area contributed by atoms with Gasteiger partial charge in [-0.2, -0.15) is 0 Å². The predicted molar refractivity (Wildman–Crippen MR) is 67.7 cm³/mol. The van der Waals surface area contributed by atoms with Crippen molar-refractivity contribution in [1.82, 2.24) is 9.55 Å². The van der Waals surface area contributed by atoms with E-state index in [2.05, 4.69) is 4.98 Å². The van der Waals surface area contributed by atoms with Crippen molar-refractivity contribution in [2.75, 3.05) is 0 Å². The summed E-state index contributed by atoms with van der Waals surface area (Å²) < 4.78 is 1.84. The van der Waals surface area contributed by atoms with Gasteiger partial charge in [-0.3, -0.25) is 10.1 Å². The second kappa shape index (κ2) is 3.96. The fraction of sp³-hybridized carbons (Fsp3) is 0. The van der Waals surface area contributed by atoms with E-state index in [1.165, 1.54) is 6.07 Å². The normalized spacial score (nSPS) is 10.7. The second-order valence-corrected chi connectivity index (χ2v) is 3.88. The van der Waals surface area contributed by atoms with Crippen LogP contribution in [0.4, 0.5) is 5.69 Å². The molecule has 0 saturated heterocycles. The second-order valence-electron chi connectivity index (χ2n) is 3.88. The molecule has 0 N–H and O–H groups in total. The molecule has 88 valence electrons. The van der Waals surface area contributed by atoms with Gasteiger partial charge in [0.05, 0.1) is 22.3 Å². The quantitative estimate of drug-likeness (QED) is 0.510. The molecule has 0 amide bonds. The summed E-state index contributed by atoms with van der Waals surface area (Å²) in [6.45, 7) is 0. The molecular weight excluding hydrogens is 230 g/mol. The van der Waals surface area contributed by atoms with E-state index in [-0.39, 0.29) is 10.6 Å². The van der Waals surface area contributed by atoms with Gasteiger partial charge in [-0.1, -0.05) is 18.2 Å². The third kappa shape index (κ3) is 1.53. The Morgan fingerprint density at radius 2 is 1.89 bits per heavy atom. The van der Waals surface area contributed by atoms with Crippen molar-refractivity contribution in [2.24, 2.45) is 0 Å². The van der Waals surface area contributed by atoms with E-state index in [0.717, 1.165) is 11.1 Å². The first-order valence-corrected chi connectivity index (χ1v) is 5.42. The lowest BCUT2D eigenvalue weighted by molar-refractivity contribution is -0.383. The van der Waals surface area contributed by atoms with Crippen molar-refractivity contribution in [2.45, 2.75) is 0 Å². The fourth-order valence-corrected chi connectivity index (χ4v) is 2.05. The van der Waals surface area contributed by atoms with Crippen LogP contribution in [0.2, 0.25) is 0 Å². The zero-order valence-electron chi connectivity index (χ0n) is 9.35. The average molecular weight is 239 g/mol. The number of nitro benzene ring substituents is 1. The summed E-state index contributed by atoms with van der Waals surface area (Å²) in [5.74, 6) is 0. The van der Waals surface area contributed by atoms with Crippen LogP contribution in [0.3, 0.4) is 0 Å². The van der Waals surface area contributed by atoms with Crippen LogP contribution in [0.5, 0.6) is 0 Å². The Hall–Kier alpha value is -2.69. The molecule has 2 aromatic carbocycles. The number of nitrogens with zero attached hydrogens (tertiary/aromatic N) is 3. The predicted octanol–water partition coefficient (Wildman–Crippen LogP) is 2.93. The summed E-state index contributed by atoms with van der Waals surface area (Å²) in [7, 11) is 0. The van der Waals surface area contributed by atoms with Gasteiger partial charge in [-0.15, -0.1) is 0 Å². The van der Waals surface area contributed by atoms with Crippen LogP contribution in [-0.4, -0.2) is 14.5 Å². The molecule has 3 aromatic rings. The van der Waals surface area contributed by atoms with Crippen molar-refractivity contribution in [3.05, 3.63) is 65.2 Å². The van der Waals surface area contributed by atoms with E-state index in [1.807, 2.05) is 22.9 Å². The Labute approximate surface area is 102 Å².